The molecular formula is C17H17NO4. The number of aryl methyl sites for hydroxylation is 1. The van der Waals surface area contributed by atoms with Gasteiger partial charge in [-0.15, -0.1) is 0 Å². The quantitative estimate of drug-likeness (QED) is 0.818. The van der Waals surface area contributed by atoms with Crippen LogP contribution in [0.15, 0.2) is 40.8 Å². The Kier molecular flexibility index (Phi) is 3.71. The molecule has 1 aromatic heterocycles. The van der Waals surface area contributed by atoms with Crippen LogP contribution in [-0.2, 0) is 16.0 Å². The van der Waals surface area contributed by atoms with Gasteiger partial charge in [0.05, 0.1) is 0 Å². The molecule has 1 aliphatic heterocycles. The number of benzene rings is 1. The van der Waals surface area contributed by atoms with Gasteiger partial charge in [-0.2, -0.15) is 0 Å². The van der Waals surface area contributed by atoms with Crippen LogP contribution in [-0.4, -0.2) is 24.5 Å². The predicted octanol–water partition coefficient (Wildman–Crippen LogP) is 2.72. The van der Waals surface area contributed by atoms with Crippen molar-refractivity contribution in [2.45, 2.75) is 26.3 Å². The summed E-state index contributed by atoms with van der Waals surface area (Å²) >= 11 is 0. The van der Waals surface area contributed by atoms with Crippen molar-refractivity contribution in [3.8, 4) is 0 Å². The SMILES string of the molecule is Cc1ccc(C(=O)OCC(=O)N2c3ccccc3CC2C)o1. The molecule has 3 rings (SSSR count). The van der Waals surface area contributed by atoms with Gasteiger partial charge in [0.25, 0.3) is 5.91 Å². The number of furan rings is 1. The molecule has 114 valence electrons. The minimum Gasteiger partial charge on any atom is -0.454 e. The van der Waals surface area contributed by atoms with Gasteiger partial charge in [0.1, 0.15) is 5.76 Å². The first-order valence-corrected chi connectivity index (χ1v) is 7.20. The molecule has 0 spiro atoms. The maximum absolute atomic E-state index is 12.4. The first-order valence-electron chi connectivity index (χ1n) is 7.20. The van der Waals surface area contributed by atoms with Gasteiger partial charge < -0.3 is 14.1 Å². The van der Waals surface area contributed by atoms with Crippen molar-refractivity contribution < 1.29 is 18.7 Å². The number of hydrogen-bond acceptors (Lipinski definition) is 4. The molecule has 5 nitrogen and oxygen atoms in total. The average Bonchev–Trinajstić information content (AvgIpc) is 3.07. The molecular weight excluding hydrogens is 282 g/mol. The number of fused-ring (bicyclic) bond motifs is 1. The van der Waals surface area contributed by atoms with E-state index in [1.54, 1.807) is 17.9 Å². The van der Waals surface area contributed by atoms with Gasteiger partial charge in [-0.25, -0.2) is 4.79 Å². The molecule has 5 heteroatoms. The maximum atomic E-state index is 12.4. The summed E-state index contributed by atoms with van der Waals surface area (Å²) in [6, 6.07) is 11.1. The molecule has 0 saturated carbocycles. The molecule has 1 aliphatic rings. The Hall–Kier alpha value is -2.56. The summed E-state index contributed by atoms with van der Waals surface area (Å²) in [7, 11) is 0. The highest BCUT2D eigenvalue weighted by Gasteiger charge is 2.31. The number of carbonyl (C=O) groups is 2. The van der Waals surface area contributed by atoms with Gasteiger partial charge >= 0.3 is 5.97 Å². The lowest BCUT2D eigenvalue weighted by atomic mass is 10.1. The Bertz CT molecular complexity index is 719. The van der Waals surface area contributed by atoms with Crippen LogP contribution < -0.4 is 4.90 Å². The number of nitrogens with zero attached hydrogens (tertiary/aromatic N) is 1. The molecule has 22 heavy (non-hydrogen) atoms. The van der Waals surface area contributed by atoms with Crippen molar-refractivity contribution in [3.63, 3.8) is 0 Å². The number of para-hydroxylation sites is 1. The zero-order chi connectivity index (χ0) is 15.7. The Balaban J connectivity index is 1.66. The molecule has 0 N–H and O–H groups in total. The van der Waals surface area contributed by atoms with Crippen LogP contribution in [0.1, 0.15) is 28.8 Å². The smallest absolute Gasteiger partial charge is 0.374 e. The topological polar surface area (TPSA) is 59.8 Å². The average molecular weight is 299 g/mol. The predicted molar refractivity (Wildman–Crippen MR) is 80.8 cm³/mol. The highest BCUT2D eigenvalue weighted by molar-refractivity contribution is 5.98. The highest BCUT2D eigenvalue weighted by Crippen LogP contribution is 2.31. The van der Waals surface area contributed by atoms with E-state index in [2.05, 4.69) is 0 Å². The zero-order valence-corrected chi connectivity index (χ0v) is 12.5. The second kappa shape index (κ2) is 5.67. The lowest BCUT2D eigenvalue weighted by Gasteiger charge is -2.22. The lowest BCUT2D eigenvalue weighted by Crippen LogP contribution is -2.38. The second-order valence-corrected chi connectivity index (χ2v) is 5.43. The molecule has 2 aromatic rings. The first-order chi connectivity index (χ1) is 10.6. The van der Waals surface area contributed by atoms with Crippen molar-refractivity contribution in [1.29, 1.82) is 0 Å². The standard InChI is InChI=1S/C17H17NO4/c1-11-9-13-5-3-4-6-14(13)18(11)16(19)10-21-17(20)15-8-7-12(2)22-15/h3-8,11H,9-10H2,1-2H3. The summed E-state index contributed by atoms with van der Waals surface area (Å²) in [5.74, 6) is -0.115. The van der Waals surface area contributed by atoms with Crippen molar-refractivity contribution >= 4 is 17.6 Å². The number of hydrogen-bond donors (Lipinski definition) is 0. The van der Waals surface area contributed by atoms with E-state index in [1.807, 2.05) is 31.2 Å². The summed E-state index contributed by atoms with van der Waals surface area (Å²) in [5.41, 5.74) is 2.03. The fraction of sp³-hybridized carbons (Fsp3) is 0.294. The molecule has 1 unspecified atom stereocenters. The van der Waals surface area contributed by atoms with Crippen LogP contribution in [0.3, 0.4) is 0 Å². The van der Waals surface area contributed by atoms with Gasteiger partial charge in [0.15, 0.2) is 6.61 Å². The van der Waals surface area contributed by atoms with Gasteiger partial charge in [0, 0.05) is 11.7 Å². The summed E-state index contributed by atoms with van der Waals surface area (Å²) in [5, 5.41) is 0. The van der Waals surface area contributed by atoms with Crippen molar-refractivity contribution in [2.24, 2.45) is 0 Å². The highest BCUT2D eigenvalue weighted by atomic mass is 16.5. The summed E-state index contributed by atoms with van der Waals surface area (Å²) < 4.78 is 10.2. The molecule has 0 aliphatic carbocycles. The van der Waals surface area contributed by atoms with E-state index < -0.39 is 5.97 Å². The Morgan fingerprint density at radius 3 is 2.77 bits per heavy atom. The van der Waals surface area contributed by atoms with Crippen LogP contribution in [0.4, 0.5) is 5.69 Å². The minimum atomic E-state index is -0.624. The Morgan fingerprint density at radius 2 is 2.05 bits per heavy atom. The number of carbonyl (C=O) groups excluding carboxylic acids is 2. The molecule has 0 saturated heterocycles. The zero-order valence-electron chi connectivity index (χ0n) is 12.5. The van der Waals surface area contributed by atoms with E-state index in [0.717, 1.165) is 17.7 Å². The van der Waals surface area contributed by atoms with E-state index in [0.29, 0.717) is 5.76 Å². The minimum absolute atomic E-state index is 0.0643. The second-order valence-electron chi connectivity index (χ2n) is 5.43. The summed E-state index contributed by atoms with van der Waals surface area (Å²) in [4.78, 5) is 25.9. The van der Waals surface area contributed by atoms with Gasteiger partial charge in [-0.05, 0) is 44.0 Å². The van der Waals surface area contributed by atoms with Crippen molar-refractivity contribution in [3.05, 3.63) is 53.5 Å². The molecule has 1 amide bonds. The van der Waals surface area contributed by atoms with E-state index in [-0.39, 0.29) is 24.3 Å². The van der Waals surface area contributed by atoms with E-state index in [4.69, 9.17) is 9.15 Å². The fourth-order valence-corrected chi connectivity index (χ4v) is 2.76. The van der Waals surface area contributed by atoms with Crippen LogP contribution in [0.5, 0.6) is 0 Å². The van der Waals surface area contributed by atoms with Gasteiger partial charge in [-0.3, -0.25) is 4.79 Å². The molecule has 0 fully saturated rings. The normalized spacial score (nSPS) is 16.5. The number of rotatable bonds is 3. The third kappa shape index (κ3) is 2.62. The van der Waals surface area contributed by atoms with Crippen LogP contribution in [0.2, 0.25) is 0 Å². The van der Waals surface area contributed by atoms with Gasteiger partial charge in [0.2, 0.25) is 5.76 Å². The third-order valence-electron chi connectivity index (χ3n) is 3.74. The summed E-state index contributed by atoms with van der Waals surface area (Å²) in [6.45, 7) is 3.43. The number of esters is 1. The van der Waals surface area contributed by atoms with Crippen LogP contribution in [0.25, 0.3) is 0 Å². The van der Waals surface area contributed by atoms with Gasteiger partial charge in [-0.1, -0.05) is 18.2 Å². The summed E-state index contributed by atoms with van der Waals surface area (Å²) in [6.07, 6.45) is 0.813. The number of ether oxygens (including phenoxy) is 1. The van der Waals surface area contributed by atoms with Crippen molar-refractivity contribution in [1.82, 2.24) is 0 Å². The molecule has 1 aromatic carbocycles. The fourth-order valence-electron chi connectivity index (χ4n) is 2.76. The van der Waals surface area contributed by atoms with E-state index in [9.17, 15) is 9.59 Å². The number of anilines is 1. The largest absolute Gasteiger partial charge is 0.454 e. The van der Waals surface area contributed by atoms with E-state index in [1.165, 1.54) is 6.07 Å². The monoisotopic (exact) mass is 299 g/mol. The van der Waals surface area contributed by atoms with Crippen molar-refractivity contribution in [2.75, 3.05) is 11.5 Å². The molecule has 2 heterocycles. The lowest BCUT2D eigenvalue weighted by molar-refractivity contribution is -0.122. The van der Waals surface area contributed by atoms with Crippen LogP contribution >= 0.6 is 0 Å². The maximum Gasteiger partial charge on any atom is 0.374 e. The Labute approximate surface area is 128 Å². The first kappa shape index (κ1) is 14.4. The molecule has 1 atom stereocenters. The third-order valence-corrected chi connectivity index (χ3v) is 3.74. The Morgan fingerprint density at radius 1 is 1.27 bits per heavy atom. The van der Waals surface area contributed by atoms with E-state index >= 15 is 0 Å². The molecule has 0 radical (unpaired) electrons. The van der Waals surface area contributed by atoms with Crippen LogP contribution in [0, 0.1) is 6.92 Å². The number of amides is 1. The molecule has 0 bridgehead atoms.